The molecule has 0 aliphatic heterocycles. The van der Waals surface area contributed by atoms with Gasteiger partial charge in [-0.05, 0) is 38.8 Å². The number of hydrogen-bond donors (Lipinski definition) is 0. The molecule has 2 nitrogen and oxygen atoms in total. The molecule has 120 valence electrons. The standard InChI is InChI=1S/C21H26N2/c1-16(22-18(3)20-11-7-5-8-12-20)15-17(2)23-19(4)21-13-9-6-10-14-21/h5-14,18-19H,15H2,1-4H3. The number of aliphatic imine (C=N–C) groups is 2. The molecule has 0 N–H and O–H groups in total. The summed E-state index contributed by atoms with van der Waals surface area (Å²) in [5.41, 5.74) is 4.75. The van der Waals surface area contributed by atoms with Crippen LogP contribution in [0.1, 0.15) is 57.3 Å². The van der Waals surface area contributed by atoms with Crippen LogP contribution in [0.3, 0.4) is 0 Å². The molecule has 0 saturated heterocycles. The van der Waals surface area contributed by atoms with Crippen molar-refractivity contribution in [3.8, 4) is 0 Å². The molecule has 0 heterocycles. The minimum absolute atomic E-state index is 0.190. The van der Waals surface area contributed by atoms with Gasteiger partial charge in [0.15, 0.2) is 0 Å². The molecule has 2 unspecified atom stereocenters. The van der Waals surface area contributed by atoms with Crippen LogP contribution in [0, 0.1) is 0 Å². The molecule has 0 fully saturated rings. The third-order valence-corrected chi connectivity index (χ3v) is 3.90. The van der Waals surface area contributed by atoms with Gasteiger partial charge < -0.3 is 0 Å². The van der Waals surface area contributed by atoms with Crippen molar-refractivity contribution in [1.29, 1.82) is 0 Å². The molecule has 0 spiro atoms. The van der Waals surface area contributed by atoms with Crippen LogP contribution in [-0.2, 0) is 0 Å². The monoisotopic (exact) mass is 306 g/mol. The van der Waals surface area contributed by atoms with E-state index >= 15 is 0 Å². The Morgan fingerprint density at radius 3 is 1.39 bits per heavy atom. The van der Waals surface area contributed by atoms with E-state index in [1.165, 1.54) is 11.1 Å². The van der Waals surface area contributed by atoms with Crippen LogP contribution in [0.15, 0.2) is 70.6 Å². The molecule has 0 radical (unpaired) electrons. The molecule has 0 saturated carbocycles. The Morgan fingerprint density at radius 1 is 0.696 bits per heavy atom. The Morgan fingerprint density at radius 2 is 1.04 bits per heavy atom. The lowest BCUT2D eigenvalue weighted by Gasteiger charge is -2.11. The molecule has 0 aliphatic carbocycles. The van der Waals surface area contributed by atoms with E-state index in [1.54, 1.807) is 0 Å². The van der Waals surface area contributed by atoms with Crippen molar-refractivity contribution in [3.63, 3.8) is 0 Å². The molecule has 2 rings (SSSR count). The van der Waals surface area contributed by atoms with E-state index in [4.69, 9.17) is 9.98 Å². The highest BCUT2D eigenvalue weighted by Crippen LogP contribution is 2.18. The molecule has 2 heteroatoms. The lowest BCUT2D eigenvalue weighted by atomic mass is 10.1. The molecular weight excluding hydrogens is 280 g/mol. The molecule has 2 atom stereocenters. The summed E-state index contributed by atoms with van der Waals surface area (Å²) in [4.78, 5) is 9.61. The van der Waals surface area contributed by atoms with Crippen LogP contribution >= 0.6 is 0 Å². The van der Waals surface area contributed by atoms with Gasteiger partial charge in [-0.25, -0.2) is 0 Å². The second-order valence-electron chi connectivity index (χ2n) is 6.08. The molecule has 2 aromatic rings. The SMILES string of the molecule is CC(CC(C)=NC(C)c1ccccc1)=NC(C)c1ccccc1. The largest absolute Gasteiger partial charge is 0.286 e. The first-order chi connectivity index (χ1) is 11.1. The summed E-state index contributed by atoms with van der Waals surface area (Å²) < 4.78 is 0. The summed E-state index contributed by atoms with van der Waals surface area (Å²) >= 11 is 0. The highest BCUT2D eigenvalue weighted by Gasteiger charge is 2.06. The van der Waals surface area contributed by atoms with E-state index in [9.17, 15) is 0 Å². The van der Waals surface area contributed by atoms with Crippen molar-refractivity contribution < 1.29 is 0 Å². The van der Waals surface area contributed by atoms with Crippen LogP contribution in [-0.4, -0.2) is 11.4 Å². The maximum atomic E-state index is 4.80. The Bertz CT molecular complexity index is 597. The Labute approximate surface area is 140 Å². The predicted octanol–water partition coefficient (Wildman–Crippen LogP) is 5.82. The summed E-state index contributed by atoms with van der Waals surface area (Å²) in [5.74, 6) is 0. The second-order valence-corrected chi connectivity index (χ2v) is 6.08. The van der Waals surface area contributed by atoms with Crippen LogP contribution in [0.2, 0.25) is 0 Å². The van der Waals surface area contributed by atoms with Crippen molar-refractivity contribution >= 4 is 11.4 Å². The van der Waals surface area contributed by atoms with Gasteiger partial charge in [-0.2, -0.15) is 0 Å². The fourth-order valence-corrected chi connectivity index (χ4v) is 2.73. The summed E-state index contributed by atoms with van der Waals surface area (Å²) in [6.45, 7) is 8.45. The van der Waals surface area contributed by atoms with Gasteiger partial charge in [0.2, 0.25) is 0 Å². The van der Waals surface area contributed by atoms with Crippen molar-refractivity contribution in [1.82, 2.24) is 0 Å². The minimum atomic E-state index is 0.190. The zero-order valence-corrected chi connectivity index (χ0v) is 14.5. The highest BCUT2D eigenvalue weighted by molar-refractivity contribution is 6.02. The molecule has 0 bridgehead atoms. The van der Waals surface area contributed by atoms with E-state index in [-0.39, 0.29) is 12.1 Å². The fourth-order valence-electron chi connectivity index (χ4n) is 2.73. The fraction of sp³-hybridized carbons (Fsp3) is 0.333. The van der Waals surface area contributed by atoms with Crippen molar-refractivity contribution in [2.75, 3.05) is 0 Å². The van der Waals surface area contributed by atoms with Crippen LogP contribution in [0.25, 0.3) is 0 Å². The molecule has 0 aromatic heterocycles. The second kappa shape index (κ2) is 8.42. The van der Waals surface area contributed by atoms with E-state index < -0.39 is 0 Å². The normalized spacial score (nSPS) is 15.3. The van der Waals surface area contributed by atoms with E-state index in [0.29, 0.717) is 0 Å². The lowest BCUT2D eigenvalue weighted by molar-refractivity contribution is 0.809. The number of rotatable bonds is 6. The van der Waals surface area contributed by atoms with Gasteiger partial charge >= 0.3 is 0 Å². The topological polar surface area (TPSA) is 24.7 Å². The minimum Gasteiger partial charge on any atom is -0.286 e. The van der Waals surface area contributed by atoms with Gasteiger partial charge in [-0.1, -0.05) is 60.7 Å². The first-order valence-corrected chi connectivity index (χ1v) is 8.22. The Kier molecular flexibility index (Phi) is 6.28. The van der Waals surface area contributed by atoms with Crippen LogP contribution in [0.5, 0.6) is 0 Å². The maximum absolute atomic E-state index is 4.80. The summed E-state index contributed by atoms with van der Waals surface area (Å²) in [6, 6.07) is 21.2. The third-order valence-electron chi connectivity index (χ3n) is 3.90. The zero-order chi connectivity index (χ0) is 16.7. The lowest BCUT2D eigenvalue weighted by Crippen LogP contribution is -2.05. The molecule has 2 aromatic carbocycles. The van der Waals surface area contributed by atoms with Crippen LogP contribution in [0.4, 0.5) is 0 Å². The number of benzene rings is 2. The highest BCUT2D eigenvalue weighted by atomic mass is 14.8. The maximum Gasteiger partial charge on any atom is 0.0720 e. The summed E-state index contributed by atoms with van der Waals surface area (Å²) in [7, 11) is 0. The Balaban J connectivity index is 2.00. The average molecular weight is 306 g/mol. The predicted molar refractivity (Wildman–Crippen MR) is 101 cm³/mol. The van der Waals surface area contributed by atoms with Gasteiger partial charge in [0.05, 0.1) is 12.1 Å². The third kappa shape index (κ3) is 5.48. The zero-order valence-electron chi connectivity index (χ0n) is 14.5. The van der Waals surface area contributed by atoms with Gasteiger partial charge in [-0.15, -0.1) is 0 Å². The summed E-state index contributed by atoms with van der Waals surface area (Å²) in [6.07, 6.45) is 0.828. The Hall–Kier alpha value is -2.22. The first kappa shape index (κ1) is 17.1. The quantitative estimate of drug-likeness (QED) is 0.601. The van der Waals surface area contributed by atoms with Crippen molar-refractivity contribution in [2.45, 2.75) is 46.2 Å². The summed E-state index contributed by atoms with van der Waals surface area (Å²) in [5, 5.41) is 0. The number of hydrogen-bond acceptors (Lipinski definition) is 2. The molecule has 23 heavy (non-hydrogen) atoms. The van der Waals surface area contributed by atoms with Crippen molar-refractivity contribution in [2.24, 2.45) is 9.98 Å². The number of nitrogens with zero attached hydrogens (tertiary/aromatic N) is 2. The van der Waals surface area contributed by atoms with Gasteiger partial charge in [0.1, 0.15) is 0 Å². The van der Waals surface area contributed by atoms with Gasteiger partial charge in [0, 0.05) is 17.8 Å². The van der Waals surface area contributed by atoms with E-state index in [2.05, 4.69) is 76.2 Å². The van der Waals surface area contributed by atoms with Gasteiger partial charge in [0.25, 0.3) is 0 Å². The van der Waals surface area contributed by atoms with Crippen molar-refractivity contribution in [3.05, 3.63) is 71.8 Å². The smallest absolute Gasteiger partial charge is 0.0720 e. The van der Waals surface area contributed by atoms with E-state index in [1.807, 2.05) is 12.1 Å². The van der Waals surface area contributed by atoms with Gasteiger partial charge in [-0.3, -0.25) is 9.98 Å². The molecular formula is C21H26N2. The first-order valence-electron chi connectivity index (χ1n) is 8.22. The van der Waals surface area contributed by atoms with Crippen LogP contribution < -0.4 is 0 Å². The molecule has 0 amide bonds. The van der Waals surface area contributed by atoms with E-state index in [0.717, 1.165) is 17.8 Å². The molecule has 0 aliphatic rings. The average Bonchev–Trinajstić information content (AvgIpc) is 2.56.